The van der Waals surface area contributed by atoms with E-state index in [0.29, 0.717) is 5.92 Å². The van der Waals surface area contributed by atoms with Crippen LogP contribution in [0, 0.1) is 0 Å². The lowest BCUT2D eigenvalue weighted by molar-refractivity contribution is 0.277. The Morgan fingerprint density at radius 1 is 0.452 bits per heavy atom. The lowest BCUT2D eigenvalue weighted by Gasteiger charge is -2.01. The average Bonchev–Trinajstić information content (AvgIpc) is 2.82. The maximum absolute atomic E-state index is 4.91. The summed E-state index contributed by atoms with van der Waals surface area (Å²) in [5.74, 6) is 2.48. The highest BCUT2D eigenvalue weighted by Crippen LogP contribution is 2.11. The molecule has 0 heterocycles. The summed E-state index contributed by atoms with van der Waals surface area (Å²) < 4.78 is 18.3. The van der Waals surface area contributed by atoms with Crippen molar-refractivity contribution < 1.29 is 18.9 Å². The number of hydrogen-bond acceptors (Lipinski definition) is 4. The normalized spacial score (nSPS) is 8.55. The zero-order valence-corrected chi connectivity index (χ0v) is 20.4. The summed E-state index contributed by atoms with van der Waals surface area (Å²) in [6.45, 7) is 4.41. The Balaban J connectivity index is 0. The van der Waals surface area contributed by atoms with Crippen LogP contribution in [0.3, 0.4) is 0 Å². The Kier molecular flexibility index (Phi) is 23.0. The molecule has 4 nitrogen and oxygen atoms in total. The summed E-state index contributed by atoms with van der Waals surface area (Å²) in [6, 6.07) is 29.9. The van der Waals surface area contributed by atoms with E-state index in [0.717, 1.165) is 11.5 Å². The summed E-state index contributed by atoms with van der Waals surface area (Å²) >= 11 is 0. The molecule has 172 valence electrons. The van der Waals surface area contributed by atoms with Crippen LogP contribution in [0.5, 0.6) is 11.5 Å². The Morgan fingerprint density at radius 3 is 0.871 bits per heavy atom. The van der Waals surface area contributed by atoms with E-state index in [2.05, 4.69) is 47.6 Å². The Labute approximate surface area is 189 Å². The Morgan fingerprint density at radius 2 is 0.710 bits per heavy atom. The molecule has 3 aromatic carbocycles. The van der Waals surface area contributed by atoms with Gasteiger partial charge in [0.05, 0.1) is 14.2 Å². The molecule has 0 bridgehead atoms. The number of rotatable bonds is 3. The number of hydrogen-bond donors (Lipinski definition) is 0. The van der Waals surface area contributed by atoms with Crippen molar-refractivity contribution in [3.05, 3.63) is 96.6 Å². The van der Waals surface area contributed by atoms with Gasteiger partial charge in [0.1, 0.15) is 11.5 Å². The first-order chi connectivity index (χ1) is 15.0. The van der Waals surface area contributed by atoms with Gasteiger partial charge in [-0.3, -0.25) is 0 Å². The van der Waals surface area contributed by atoms with Crippen LogP contribution in [0.1, 0.15) is 25.3 Å². The van der Waals surface area contributed by atoms with E-state index in [9.17, 15) is 0 Å². The minimum atomic E-state index is 0.659. The van der Waals surface area contributed by atoms with Gasteiger partial charge in [0.25, 0.3) is 0 Å². The van der Waals surface area contributed by atoms with Gasteiger partial charge in [0.15, 0.2) is 0 Å². The Hall–Kier alpha value is -2.82. The fraction of sp³-hybridized carbons (Fsp3) is 0.333. The molecule has 3 rings (SSSR count). The molecule has 0 N–H and O–H groups in total. The predicted octanol–water partition coefficient (Wildman–Crippen LogP) is 6.73. The highest BCUT2D eigenvalue weighted by atomic mass is 16.5. The molecule has 0 aromatic heterocycles. The lowest BCUT2D eigenvalue weighted by atomic mass is 10.0. The van der Waals surface area contributed by atoms with Gasteiger partial charge in [0, 0.05) is 28.4 Å². The van der Waals surface area contributed by atoms with Gasteiger partial charge in [-0.05, 0) is 35.7 Å². The molecule has 4 heteroatoms. The van der Waals surface area contributed by atoms with E-state index in [1.54, 1.807) is 42.7 Å². The number of methoxy groups -OCH3 is 4. The summed E-state index contributed by atoms with van der Waals surface area (Å²) in [5.41, 5.74) is 1.41. The molecule has 31 heavy (non-hydrogen) atoms. The third kappa shape index (κ3) is 20.2. The van der Waals surface area contributed by atoms with Crippen molar-refractivity contribution in [2.45, 2.75) is 19.8 Å². The molecule has 0 spiro atoms. The van der Waals surface area contributed by atoms with Crippen molar-refractivity contribution >= 4 is 0 Å². The fourth-order valence-corrected chi connectivity index (χ4v) is 1.95. The van der Waals surface area contributed by atoms with Crippen molar-refractivity contribution in [1.29, 1.82) is 0 Å². The first kappa shape index (κ1) is 30.4. The summed E-state index contributed by atoms with van der Waals surface area (Å²) in [7, 11) is 9.82. The first-order valence-corrected chi connectivity index (χ1v) is 10.0. The van der Waals surface area contributed by atoms with E-state index >= 15 is 0 Å². The molecular formula is C27H40O4. The molecule has 0 saturated carbocycles. The smallest absolute Gasteiger partial charge is 0.118 e. The largest absolute Gasteiger partial charge is 0.497 e. The molecule has 0 amide bonds. The molecular weight excluding hydrogens is 388 g/mol. The molecule has 0 radical (unpaired) electrons. The zero-order chi connectivity index (χ0) is 23.7. The fourth-order valence-electron chi connectivity index (χ4n) is 1.95. The van der Waals surface area contributed by atoms with Crippen LogP contribution in [0.4, 0.5) is 0 Å². The summed E-state index contributed by atoms with van der Waals surface area (Å²) in [6.07, 6.45) is 0. The number of para-hydroxylation sites is 2. The minimum Gasteiger partial charge on any atom is -0.497 e. The van der Waals surface area contributed by atoms with Crippen molar-refractivity contribution in [3.63, 3.8) is 0 Å². The number of ether oxygens (including phenoxy) is 4. The van der Waals surface area contributed by atoms with Crippen molar-refractivity contribution in [1.82, 2.24) is 0 Å². The van der Waals surface area contributed by atoms with Crippen LogP contribution in [-0.4, -0.2) is 42.7 Å². The molecule has 0 aliphatic carbocycles. The van der Waals surface area contributed by atoms with Gasteiger partial charge in [-0.25, -0.2) is 0 Å². The third-order valence-electron chi connectivity index (χ3n) is 3.42. The van der Waals surface area contributed by atoms with Gasteiger partial charge in [-0.2, -0.15) is 0 Å². The van der Waals surface area contributed by atoms with Gasteiger partial charge in [-0.15, -0.1) is 0 Å². The highest BCUT2D eigenvalue weighted by Gasteiger charge is 1.93. The van der Waals surface area contributed by atoms with Crippen LogP contribution < -0.4 is 9.47 Å². The monoisotopic (exact) mass is 428 g/mol. The van der Waals surface area contributed by atoms with Crippen molar-refractivity contribution in [3.8, 4) is 11.5 Å². The molecule has 0 unspecified atom stereocenters. The second-order valence-corrected chi connectivity index (χ2v) is 6.42. The molecule has 0 fully saturated rings. The van der Waals surface area contributed by atoms with E-state index in [4.69, 9.17) is 9.47 Å². The molecule has 0 saturated heterocycles. The molecule has 0 atom stereocenters. The van der Waals surface area contributed by atoms with Gasteiger partial charge >= 0.3 is 0 Å². The zero-order valence-electron chi connectivity index (χ0n) is 20.4. The maximum atomic E-state index is 4.91. The van der Waals surface area contributed by atoms with Crippen LogP contribution in [0.25, 0.3) is 0 Å². The highest BCUT2D eigenvalue weighted by molar-refractivity contribution is 5.21. The van der Waals surface area contributed by atoms with Crippen molar-refractivity contribution in [2.24, 2.45) is 0 Å². The van der Waals surface area contributed by atoms with E-state index < -0.39 is 0 Å². The van der Waals surface area contributed by atoms with Crippen LogP contribution >= 0.6 is 0 Å². The minimum absolute atomic E-state index is 0.659. The van der Waals surface area contributed by atoms with E-state index in [1.165, 1.54) is 5.56 Å². The quantitative estimate of drug-likeness (QED) is 0.464. The predicted molar refractivity (Wildman–Crippen MR) is 132 cm³/mol. The lowest BCUT2D eigenvalue weighted by Crippen LogP contribution is -1.83. The van der Waals surface area contributed by atoms with Crippen LogP contribution in [0.2, 0.25) is 0 Å². The second kappa shape index (κ2) is 23.5. The second-order valence-electron chi connectivity index (χ2n) is 6.42. The standard InChI is InChI=1S/C9H12.2C7H8O.2C2H6O/c1-8(2)9-6-4-3-5-7-9;2*1-8-7-5-3-2-4-6-7;2*1-3-2/h3-8H,1-2H3;2*2-6H,1H3;2*1-2H3. The van der Waals surface area contributed by atoms with Gasteiger partial charge in [0.2, 0.25) is 0 Å². The van der Waals surface area contributed by atoms with Gasteiger partial charge < -0.3 is 18.9 Å². The maximum Gasteiger partial charge on any atom is 0.118 e. The van der Waals surface area contributed by atoms with Crippen LogP contribution in [0.15, 0.2) is 91.0 Å². The first-order valence-electron chi connectivity index (χ1n) is 10.0. The Bertz CT molecular complexity index is 645. The molecule has 0 aliphatic heterocycles. The molecule has 3 aromatic rings. The third-order valence-corrected chi connectivity index (χ3v) is 3.42. The van der Waals surface area contributed by atoms with Crippen LogP contribution in [-0.2, 0) is 9.47 Å². The number of benzene rings is 3. The molecule has 0 aliphatic rings. The van der Waals surface area contributed by atoms with E-state index in [1.807, 2.05) is 66.7 Å². The summed E-state index contributed by atoms with van der Waals surface area (Å²) in [4.78, 5) is 0. The van der Waals surface area contributed by atoms with Gasteiger partial charge in [-0.1, -0.05) is 80.6 Å². The topological polar surface area (TPSA) is 36.9 Å². The SMILES string of the molecule is CC(C)c1ccccc1.COC.COC.COc1ccccc1.COc1ccccc1. The van der Waals surface area contributed by atoms with E-state index in [-0.39, 0.29) is 0 Å². The average molecular weight is 429 g/mol. The van der Waals surface area contributed by atoms with Crippen molar-refractivity contribution in [2.75, 3.05) is 42.7 Å². The summed E-state index contributed by atoms with van der Waals surface area (Å²) in [5, 5.41) is 0.